The molecule has 2 N–H and O–H groups in total. The lowest BCUT2D eigenvalue weighted by atomic mass is 10.0. The van der Waals surface area contributed by atoms with Crippen molar-refractivity contribution in [1.29, 1.82) is 0 Å². The van der Waals surface area contributed by atoms with Gasteiger partial charge in [-0.15, -0.1) is 0 Å². The summed E-state index contributed by atoms with van der Waals surface area (Å²) in [5, 5.41) is 10.5. The zero-order valence-corrected chi connectivity index (χ0v) is 16.5. The van der Waals surface area contributed by atoms with Gasteiger partial charge < -0.3 is 14.6 Å². The van der Waals surface area contributed by atoms with Crippen molar-refractivity contribution < 1.29 is 14.2 Å². The Labute approximate surface area is 167 Å². The summed E-state index contributed by atoms with van der Waals surface area (Å²) in [6.45, 7) is 2.22. The van der Waals surface area contributed by atoms with Gasteiger partial charge in [0.15, 0.2) is 0 Å². The first kappa shape index (κ1) is 19.5. The van der Waals surface area contributed by atoms with Crippen molar-refractivity contribution >= 4 is 29.2 Å². The molecule has 0 atom stereocenters. The van der Waals surface area contributed by atoms with E-state index in [-0.39, 0.29) is 16.6 Å². The maximum atomic E-state index is 14.4. The Kier molecular flexibility index (Phi) is 6.26. The van der Waals surface area contributed by atoms with Crippen LogP contribution in [0.3, 0.4) is 0 Å². The summed E-state index contributed by atoms with van der Waals surface area (Å²) in [7, 11) is 1.60. The van der Waals surface area contributed by atoms with E-state index in [0.717, 1.165) is 22.4 Å². The number of hydrogen-bond acceptors (Lipinski definition) is 4. The van der Waals surface area contributed by atoms with E-state index in [1.165, 1.54) is 18.0 Å². The molecule has 0 fully saturated rings. The largest absolute Gasteiger partial charge is 0.505 e. The van der Waals surface area contributed by atoms with Crippen molar-refractivity contribution in [2.24, 2.45) is 0 Å². The molecule has 3 nitrogen and oxygen atoms in total. The van der Waals surface area contributed by atoms with E-state index in [4.69, 9.17) is 16.3 Å². The lowest BCUT2D eigenvalue weighted by Gasteiger charge is -2.14. The number of halogens is 2. The Balaban J connectivity index is 1.89. The zero-order chi connectivity index (χ0) is 19.4. The molecule has 0 aromatic heterocycles. The summed E-state index contributed by atoms with van der Waals surface area (Å²) in [5.41, 5.74) is 3.69. The van der Waals surface area contributed by atoms with E-state index in [1.54, 1.807) is 25.3 Å². The lowest BCUT2D eigenvalue weighted by molar-refractivity contribution is 0.184. The molecule has 6 heteroatoms. The highest BCUT2D eigenvalue weighted by atomic mass is 35.5. The molecule has 140 valence electrons. The van der Waals surface area contributed by atoms with E-state index >= 15 is 0 Å². The van der Waals surface area contributed by atoms with Crippen molar-refractivity contribution in [3.05, 3.63) is 76.6 Å². The van der Waals surface area contributed by atoms with Gasteiger partial charge in [0, 0.05) is 18.4 Å². The van der Waals surface area contributed by atoms with Gasteiger partial charge in [0.25, 0.3) is 0 Å². The van der Waals surface area contributed by atoms with Gasteiger partial charge in [0.1, 0.15) is 11.6 Å². The molecule has 3 aromatic rings. The summed E-state index contributed by atoms with van der Waals surface area (Å²) < 4.78 is 22.7. The zero-order valence-electron chi connectivity index (χ0n) is 14.9. The molecular formula is C21H19ClFNO2S. The van der Waals surface area contributed by atoms with Crippen LogP contribution in [0.5, 0.6) is 5.75 Å². The summed E-state index contributed by atoms with van der Waals surface area (Å²) in [6, 6.07) is 16.1. The number of nitrogens with one attached hydrogen (secondary N) is 1. The molecule has 0 heterocycles. The highest BCUT2D eigenvalue weighted by molar-refractivity contribution is 8.00. The molecule has 27 heavy (non-hydrogen) atoms. The topological polar surface area (TPSA) is 41.5 Å². The molecule has 0 spiro atoms. The van der Waals surface area contributed by atoms with Crippen LogP contribution < -0.4 is 4.72 Å². The number of benzene rings is 3. The Hall–Kier alpha value is -2.21. The molecule has 0 saturated carbocycles. The molecular weight excluding hydrogens is 385 g/mol. The summed E-state index contributed by atoms with van der Waals surface area (Å²) in [4.78, 5) is 0.569. The molecule has 0 amide bonds. The van der Waals surface area contributed by atoms with Crippen molar-refractivity contribution in [3.8, 4) is 16.9 Å². The summed E-state index contributed by atoms with van der Waals surface area (Å²) in [6.07, 6.45) is 0. The third-order valence-corrected chi connectivity index (χ3v) is 5.21. The van der Waals surface area contributed by atoms with Crippen molar-refractivity contribution in [3.63, 3.8) is 0 Å². The van der Waals surface area contributed by atoms with Crippen LogP contribution in [0.2, 0.25) is 5.02 Å². The Morgan fingerprint density at radius 1 is 1.15 bits per heavy atom. The number of hydrogen-bond donors (Lipinski definition) is 2. The van der Waals surface area contributed by atoms with Crippen LogP contribution in [-0.4, -0.2) is 12.2 Å². The fourth-order valence-electron chi connectivity index (χ4n) is 2.69. The Morgan fingerprint density at radius 3 is 2.59 bits per heavy atom. The first-order valence-electron chi connectivity index (χ1n) is 8.28. The predicted octanol–water partition coefficient (Wildman–Crippen LogP) is 6.43. The van der Waals surface area contributed by atoms with Crippen LogP contribution in [-0.2, 0) is 11.3 Å². The molecule has 0 bridgehead atoms. The minimum atomic E-state index is -0.276. The van der Waals surface area contributed by atoms with Crippen LogP contribution in [0.4, 0.5) is 10.1 Å². The fraction of sp³-hybridized carbons (Fsp3) is 0.143. The van der Waals surface area contributed by atoms with E-state index in [1.807, 2.05) is 37.3 Å². The van der Waals surface area contributed by atoms with Gasteiger partial charge in [0.2, 0.25) is 0 Å². The predicted molar refractivity (Wildman–Crippen MR) is 110 cm³/mol. The number of rotatable bonds is 6. The average Bonchev–Trinajstić information content (AvgIpc) is 2.65. The number of methoxy groups -OCH3 is 1. The smallest absolute Gasteiger partial charge is 0.149 e. The molecule has 3 rings (SSSR count). The number of ether oxygens (including phenoxy) is 1. The highest BCUT2D eigenvalue weighted by Gasteiger charge is 2.13. The van der Waals surface area contributed by atoms with Gasteiger partial charge in [-0.25, -0.2) is 4.39 Å². The van der Waals surface area contributed by atoms with Gasteiger partial charge in [-0.1, -0.05) is 41.9 Å². The monoisotopic (exact) mass is 403 g/mol. The fourth-order valence-corrected chi connectivity index (χ4v) is 3.84. The van der Waals surface area contributed by atoms with Crippen molar-refractivity contribution in [1.82, 2.24) is 0 Å². The van der Waals surface area contributed by atoms with E-state index in [9.17, 15) is 9.50 Å². The second-order valence-corrected chi connectivity index (χ2v) is 7.33. The average molecular weight is 404 g/mol. The third kappa shape index (κ3) is 4.56. The number of phenols is 1. The maximum Gasteiger partial charge on any atom is 0.149 e. The van der Waals surface area contributed by atoms with Gasteiger partial charge in [-0.3, -0.25) is 0 Å². The standard InChI is InChI=1S/C21H19ClFNO2S/c1-13-8-18(23)16(15-6-4-3-5-7-15)11-19(13)24-27-20-10-14(12-26-2)9-17(22)21(20)25/h3-11,24-25H,12H2,1-2H3. The van der Waals surface area contributed by atoms with E-state index in [0.29, 0.717) is 17.1 Å². The quantitative estimate of drug-likeness (QED) is 0.465. The van der Waals surface area contributed by atoms with Crippen molar-refractivity contribution in [2.75, 3.05) is 11.8 Å². The van der Waals surface area contributed by atoms with Crippen LogP contribution in [0, 0.1) is 12.7 Å². The lowest BCUT2D eigenvalue weighted by Crippen LogP contribution is -1.95. The van der Waals surface area contributed by atoms with Gasteiger partial charge in [-0.2, -0.15) is 0 Å². The molecule has 0 radical (unpaired) electrons. The van der Waals surface area contributed by atoms with Crippen molar-refractivity contribution in [2.45, 2.75) is 18.4 Å². The normalized spacial score (nSPS) is 10.8. The summed E-state index contributed by atoms with van der Waals surface area (Å²) in [5.74, 6) is -0.278. The second-order valence-electron chi connectivity index (χ2n) is 6.07. The van der Waals surface area contributed by atoms with Gasteiger partial charge >= 0.3 is 0 Å². The van der Waals surface area contributed by atoms with Crippen LogP contribution in [0.1, 0.15) is 11.1 Å². The Bertz CT molecular complexity index is 951. The van der Waals surface area contributed by atoms with Crippen LogP contribution >= 0.6 is 23.5 Å². The molecule has 0 aliphatic rings. The summed E-state index contributed by atoms with van der Waals surface area (Å²) >= 11 is 7.31. The second kappa shape index (κ2) is 8.65. The SMILES string of the molecule is COCc1cc(Cl)c(O)c(SNc2cc(-c3ccccc3)c(F)cc2C)c1. The molecule has 0 aliphatic heterocycles. The molecule has 0 aliphatic carbocycles. The number of aromatic hydroxyl groups is 1. The van der Waals surface area contributed by atoms with E-state index < -0.39 is 0 Å². The van der Waals surface area contributed by atoms with E-state index in [2.05, 4.69) is 4.72 Å². The number of aryl methyl sites for hydroxylation is 1. The van der Waals surface area contributed by atoms with Gasteiger partial charge in [-0.05, 0) is 59.8 Å². The number of phenolic OH excluding ortho intramolecular Hbond substituents is 1. The van der Waals surface area contributed by atoms with Gasteiger partial charge in [0.05, 0.1) is 16.5 Å². The molecule has 3 aromatic carbocycles. The Morgan fingerprint density at radius 2 is 1.89 bits per heavy atom. The maximum absolute atomic E-state index is 14.4. The number of anilines is 1. The molecule has 0 saturated heterocycles. The molecule has 0 unspecified atom stereocenters. The van der Waals surface area contributed by atoms with Crippen LogP contribution in [0.15, 0.2) is 59.5 Å². The third-order valence-electron chi connectivity index (χ3n) is 4.07. The minimum absolute atomic E-state index is 0.00272. The minimum Gasteiger partial charge on any atom is -0.505 e. The highest BCUT2D eigenvalue weighted by Crippen LogP contribution is 2.38. The van der Waals surface area contributed by atoms with Crippen LogP contribution in [0.25, 0.3) is 11.1 Å². The first-order chi connectivity index (χ1) is 13.0. The first-order valence-corrected chi connectivity index (χ1v) is 9.47.